The second-order valence-electron chi connectivity index (χ2n) is 10.0. The van der Waals surface area contributed by atoms with E-state index in [2.05, 4.69) is 5.32 Å². The van der Waals surface area contributed by atoms with E-state index < -0.39 is 23.4 Å². The van der Waals surface area contributed by atoms with Gasteiger partial charge in [0.25, 0.3) is 0 Å². The van der Waals surface area contributed by atoms with Crippen LogP contribution in [0.2, 0.25) is 0 Å². The summed E-state index contributed by atoms with van der Waals surface area (Å²) in [7, 11) is 0. The van der Waals surface area contributed by atoms with Gasteiger partial charge in [-0.25, -0.2) is 0 Å². The van der Waals surface area contributed by atoms with Crippen LogP contribution in [0, 0.1) is 5.92 Å². The van der Waals surface area contributed by atoms with Crippen LogP contribution in [0.25, 0.3) is 6.08 Å². The van der Waals surface area contributed by atoms with Gasteiger partial charge in [0.05, 0.1) is 12.0 Å². The lowest BCUT2D eigenvalue weighted by Crippen LogP contribution is -2.51. The summed E-state index contributed by atoms with van der Waals surface area (Å²) in [5.41, 5.74) is 2.93. The minimum atomic E-state index is -1.29. The van der Waals surface area contributed by atoms with E-state index in [1.807, 2.05) is 102 Å². The van der Waals surface area contributed by atoms with Gasteiger partial charge in [-0.2, -0.15) is 0 Å². The van der Waals surface area contributed by atoms with Crippen LogP contribution in [-0.2, 0) is 10.2 Å². The van der Waals surface area contributed by atoms with Gasteiger partial charge >= 0.3 is 0 Å². The van der Waals surface area contributed by atoms with Crippen molar-refractivity contribution in [3.8, 4) is 0 Å². The van der Waals surface area contributed by atoms with Gasteiger partial charge in [-0.1, -0.05) is 109 Å². The second-order valence-corrected chi connectivity index (χ2v) is 10.0. The number of benzene rings is 4. The quantitative estimate of drug-likeness (QED) is 0.377. The molecule has 5 nitrogen and oxygen atoms in total. The van der Waals surface area contributed by atoms with Gasteiger partial charge in [-0.05, 0) is 23.3 Å². The summed E-state index contributed by atoms with van der Waals surface area (Å²) < 4.78 is 0. The lowest BCUT2D eigenvalue weighted by molar-refractivity contribution is -0.121. The van der Waals surface area contributed by atoms with Crippen LogP contribution < -0.4 is 10.2 Å². The molecule has 0 bridgehead atoms. The molecule has 4 aromatic rings. The summed E-state index contributed by atoms with van der Waals surface area (Å²) in [6, 6.07) is 32.1. The number of amides is 1. The van der Waals surface area contributed by atoms with Crippen LogP contribution in [0.15, 0.2) is 115 Å². The van der Waals surface area contributed by atoms with Crippen LogP contribution in [0.1, 0.15) is 31.8 Å². The van der Waals surface area contributed by atoms with Crippen molar-refractivity contribution in [1.82, 2.24) is 0 Å². The van der Waals surface area contributed by atoms with Crippen molar-refractivity contribution in [2.75, 3.05) is 10.2 Å². The number of fused-ring (bicyclic) bond motifs is 6. The SMILES string of the molecule is O=C(c1ccccc1)[C@@H]1[C@H](C(=O)c2ccccc2)[C@]2(C(=O)Nc3ccccc32)[C@@H]2C=Cc3ccccc3N12. The molecule has 1 saturated heterocycles. The maximum Gasteiger partial charge on any atom is 0.238 e. The van der Waals surface area contributed by atoms with Crippen LogP contribution in [0.5, 0.6) is 0 Å². The Morgan fingerprint density at radius 1 is 0.711 bits per heavy atom. The van der Waals surface area contributed by atoms with E-state index in [1.54, 1.807) is 24.3 Å². The average Bonchev–Trinajstić information content (AvgIpc) is 3.45. The molecule has 4 atom stereocenters. The van der Waals surface area contributed by atoms with Crippen LogP contribution in [0.4, 0.5) is 11.4 Å². The molecule has 0 aromatic heterocycles. The van der Waals surface area contributed by atoms with Gasteiger partial charge in [-0.3, -0.25) is 14.4 Å². The van der Waals surface area contributed by atoms with Gasteiger partial charge in [0, 0.05) is 22.5 Å². The first-order valence-electron chi connectivity index (χ1n) is 12.8. The lowest BCUT2D eigenvalue weighted by Gasteiger charge is -2.37. The zero-order valence-corrected chi connectivity index (χ0v) is 20.5. The highest BCUT2D eigenvalue weighted by molar-refractivity contribution is 6.18. The van der Waals surface area contributed by atoms with Crippen molar-refractivity contribution in [3.63, 3.8) is 0 Å². The zero-order chi connectivity index (χ0) is 25.9. The van der Waals surface area contributed by atoms with E-state index in [0.717, 1.165) is 16.8 Å². The molecule has 1 fully saturated rings. The van der Waals surface area contributed by atoms with Crippen molar-refractivity contribution in [2.45, 2.75) is 17.5 Å². The van der Waals surface area contributed by atoms with Crippen LogP contribution in [0.3, 0.4) is 0 Å². The molecule has 1 amide bonds. The Hall–Kier alpha value is -4.77. The average molecular weight is 497 g/mol. The Balaban J connectivity index is 1.55. The number of carbonyl (C=O) groups is 3. The van der Waals surface area contributed by atoms with Crippen molar-refractivity contribution in [2.24, 2.45) is 5.92 Å². The molecule has 0 aliphatic carbocycles. The van der Waals surface area contributed by atoms with Gasteiger partial charge in [0.1, 0.15) is 11.5 Å². The normalized spacial score (nSPS) is 24.5. The highest BCUT2D eigenvalue weighted by Crippen LogP contribution is 2.58. The van der Waals surface area contributed by atoms with E-state index in [9.17, 15) is 14.4 Å². The molecule has 3 heterocycles. The third-order valence-corrected chi connectivity index (χ3v) is 8.21. The number of anilines is 2. The Kier molecular flexibility index (Phi) is 4.95. The topological polar surface area (TPSA) is 66.5 Å². The van der Waals surface area contributed by atoms with Crippen molar-refractivity contribution < 1.29 is 14.4 Å². The Bertz CT molecular complexity index is 1630. The molecular weight excluding hydrogens is 472 g/mol. The third-order valence-electron chi connectivity index (χ3n) is 8.21. The summed E-state index contributed by atoms with van der Waals surface area (Å²) in [6.45, 7) is 0. The number of rotatable bonds is 4. The minimum absolute atomic E-state index is 0.177. The molecule has 3 aliphatic rings. The number of Topliss-reactive ketones (excluding diaryl/α,β-unsaturated/α-hetero) is 2. The van der Waals surface area contributed by atoms with E-state index in [1.165, 1.54) is 0 Å². The maximum atomic E-state index is 14.6. The van der Waals surface area contributed by atoms with E-state index in [-0.39, 0.29) is 17.5 Å². The number of nitrogens with zero attached hydrogens (tertiary/aromatic N) is 1. The number of carbonyl (C=O) groups excluding carboxylic acids is 3. The Morgan fingerprint density at radius 3 is 2.05 bits per heavy atom. The molecule has 184 valence electrons. The fourth-order valence-electron chi connectivity index (χ4n) is 6.67. The van der Waals surface area contributed by atoms with Crippen molar-refractivity contribution in [1.29, 1.82) is 0 Å². The first-order valence-corrected chi connectivity index (χ1v) is 12.8. The maximum absolute atomic E-state index is 14.6. The molecule has 1 N–H and O–H groups in total. The van der Waals surface area contributed by atoms with E-state index >= 15 is 0 Å². The second kappa shape index (κ2) is 8.38. The molecule has 0 saturated carbocycles. The number of nitrogens with one attached hydrogen (secondary N) is 1. The fourth-order valence-corrected chi connectivity index (χ4v) is 6.67. The first kappa shape index (κ1) is 22.4. The largest absolute Gasteiger partial charge is 0.352 e. The molecule has 7 rings (SSSR count). The summed E-state index contributed by atoms with van der Waals surface area (Å²) in [5, 5.41) is 3.06. The predicted molar refractivity (Wildman–Crippen MR) is 147 cm³/mol. The molecule has 1 spiro atoms. The van der Waals surface area contributed by atoms with Gasteiger partial charge in [0.15, 0.2) is 11.6 Å². The number of ketones is 2. The standard InChI is InChI=1S/C33H24N2O3/c36-30(22-12-3-1-4-13-22)28-29(31(37)23-14-5-2-6-15-23)35-26-18-10-7-11-21(26)19-20-27(35)33(28)24-16-8-9-17-25(24)34-32(33)38/h1-20,27-29H,(H,34,38)/t27-,28+,29-,33+/m0/s1. The Morgan fingerprint density at radius 2 is 1.32 bits per heavy atom. The third kappa shape index (κ3) is 2.96. The van der Waals surface area contributed by atoms with E-state index in [0.29, 0.717) is 16.8 Å². The molecule has 0 unspecified atom stereocenters. The van der Waals surface area contributed by atoms with Crippen molar-refractivity contribution >= 4 is 34.9 Å². The Labute approximate surface area is 220 Å². The molecule has 38 heavy (non-hydrogen) atoms. The molecular formula is C33H24N2O3. The van der Waals surface area contributed by atoms with E-state index in [4.69, 9.17) is 0 Å². The highest BCUT2D eigenvalue weighted by atomic mass is 16.2. The monoisotopic (exact) mass is 496 g/mol. The van der Waals surface area contributed by atoms with Gasteiger partial charge in [0.2, 0.25) is 5.91 Å². The number of para-hydroxylation sites is 2. The molecule has 0 radical (unpaired) electrons. The summed E-state index contributed by atoms with van der Waals surface area (Å²) in [5.74, 6) is -1.60. The molecule has 3 aliphatic heterocycles. The van der Waals surface area contributed by atoms with Crippen molar-refractivity contribution in [3.05, 3.63) is 138 Å². The highest BCUT2D eigenvalue weighted by Gasteiger charge is 2.70. The fraction of sp³-hybridized carbons (Fsp3) is 0.121. The number of hydrogen-bond donors (Lipinski definition) is 1. The lowest BCUT2D eigenvalue weighted by atomic mass is 9.64. The summed E-state index contributed by atoms with van der Waals surface area (Å²) in [6.07, 6.45) is 4.00. The summed E-state index contributed by atoms with van der Waals surface area (Å²) >= 11 is 0. The smallest absolute Gasteiger partial charge is 0.238 e. The zero-order valence-electron chi connectivity index (χ0n) is 20.5. The first-order chi connectivity index (χ1) is 18.6. The number of hydrogen-bond acceptors (Lipinski definition) is 4. The molecule has 5 heteroatoms. The van der Waals surface area contributed by atoms with Gasteiger partial charge in [-0.15, -0.1) is 0 Å². The minimum Gasteiger partial charge on any atom is -0.352 e. The van der Waals surface area contributed by atoms with Crippen LogP contribution in [-0.4, -0.2) is 29.6 Å². The predicted octanol–water partition coefficient (Wildman–Crippen LogP) is 5.54. The molecule has 4 aromatic carbocycles. The summed E-state index contributed by atoms with van der Waals surface area (Å²) in [4.78, 5) is 45.3. The van der Waals surface area contributed by atoms with Crippen LogP contribution >= 0.6 is 0 Å². The van der Waals surface area contributed by atoms with Gasteiger partial charge < -0.3 is 10.2 Å².